The molecule has 1 fully saturated rings. The van der Waals surface area contributed by atoms with Crippen molar-refractivity contribution in [3.05, 3.63) is 35.9 Å². The zero-order valence-electron chi connectivity index (χ0n) is 13.6. The third-order valence-corrected chi connectivity index (χ3v) is 9.60. The van der Waals surface area contributed by atoms with Crippen molar-refractivity contribution in [3.63, 3.8) is 0 Å². The van der Waals surface area contributed by atoms with E-state index in [1.807, 2.05) is 30.3 Å². The molecule has 1 aromatic rings. The number of hydrogen-bond acceptors (Lipinski definition) is 2. The molecule has 1 heterocycles. The highest BCUT2D eigenvalue weighted by atomic mass is 35.6. The first-order chi connectivity index (χ1) is 9.93. The number of benzene rings is 1. The average molecular weight is 382 g/mol. The van der Waals surface area contributed by atoms with Crippen LogP contribution in [-0.4, -0.2) is 24.3 Å². The second kappa shape index (κ2) is 6.27. The van der Waals surface area contributed by atoms with E-state index in [9.17, 15) is 0 Å². The van der Waals surface area contributed by atoms with Gasteiger partial charge in [-0.3, -0.25) is 0 Å². The van der Waals surface area contributed by atoms with Crippen LogP contribution in [0.25, 0.3) is 0 Å². The van der Waals surface area contributed by atoms with Gasteiger partial charge in [0.1, 0.15) is 18.3 Å². The van der Waals surface area contributed by atoms with Crippen LogP contribution in [0.3, 0.4) is 0 Å². The van der Waals surface area contributed by atoms with Gasteiger partial charge in [0.15, 0.2) is 8.32 Å². The minimum atomic E-state index is -2.06. The van der Waals surface area contributed by atoms with E-state index in [1.54, 1.807) is 0 Å². The molecule has 6 heteroatoms. The van der Waals surface area contributed by atoms with Gasteiger partial charge in [-0.15, -0.1) is 0 Å². The van der Waals surface area contributed by atoms with Gasteiger partial charge in [0, 0.05) is 0 Å². The van der Waals surface area contributed by atoms with E-state index < -0.39 is 18.2 Å². The van der Waals surface area contributed by atoms with Crippen LogP contribution in [0, 0.1) is 0 Å². The van der Waals surface area contributed by atoms with Crippen LogP contribution in [0.4, 0.5) is 0 Å². The van der Waals surface area contributed by atoms with Gasteiger partial charge in [-0.1, -0.05) is 85.9 Å². The van der Waals surface area contributed by atoms with Crippen LogP contribution in [-0.2, 0) is 9.16 Å². The van der Waals surface area contributed by atoms with Crippen LogP contribution in [0.1, 0.15) is 32.4 Å². The molecule has 3 atom stereocenters. The van der Waals surface area contributed by atoms with Crippen LogP contribution < -0.4 is 0 Å². The van der Waals surface area contributed by atoms with Crippen LogP contribution in [0.2, 0.25) is 18.1 Å². The maximum Gasteiger partial charge on any atom is 0.217 e. The lowest BCUT2D eigenvalue weighted by atomic mass is 10.1. The largest absolute Gasteiger partial charge is 0.407 e. The number of ether oxygens (including phenoxy) is 1. The number of alkyl halides is 3. The lowest BCUT2D eigenvalue weighted by molar-refractivity contribution is 0.145. The summed E-state index contributed by atoms with van der Waals surface area (Å²) in [7, 11) is -2.06. The summed E-state index contributed by atoms with van der Waals surface area (Å²) >= 11 is 18.6. The van der Waals surface area contributed by atoms with Crippen molar-refractivity contribution in [2.45, 2.75) is 61.0 Å². The minimum absolute atomic E-state index is 0.0400. The predicted molar refractivity (Wildman–Crippen MR) is 96.4 cm³/mol. The van der Waals surface area contributed by atoms with Crippen LogP contribution >= 0.6 is 34.8 Å². The normalized spacial score (nSPS) is 24.2. The molecule has 22 heavy (non-hydrogen) atoms. The van der Waals surface area contributed by atoms with Crippen molar-refractivity contribution in [1.29, 1.82) is 0 Å². The standard InChI is InChI=1S/C16H23Cl3O2Si/c1-15(2,3)22(4,5)21-14(16(17,18)19)13-12(20-13)11-9-7-6-8-10-11/h6-10,12-14H,1-5H3/t12-,13-,14+/m0/s1. The Balaban J connectivity index is 2.17. The molecule has 0 aromatic heterocycles. The molecule has 0 spiro atoms. The van der Waals surface area contributed by atoms with Gasteiger partial charge in [0.2, 0.25) is 3.79 Å². The predicted octanol–water partition coefficient (Wildman–Crippen LogP) is 5.89. The van der Waals surface area contributed by atoms with Gasteiger partial charge in [-0.2, -0.15) is 0 Å². The van der Waals surface area contributed by atoms with E-state index >= 15 is 0 Å². The van der Waals surface area contributed by atoms with Gasteiger partial charge in [0.25, 0.3) is 0 Å². The molecule has 1 aliphatic rings. The number of hydrogen-bond donors (Lipinski definition) is 0. The molecular weight excluding hydrogens is 359 g/mol. The van der Waals surface area contributed by atoms with E-state index in [2.05, 4.69) is 33.9 Å². The molecule has 1 aromatic carbocycles. The highest BCUT2D eigenvalue weighted by Crippen LogP contribution is 2.51. The Bertz CT molecular complexity index is 508. The zero-order chi connectivity index (χ0) is 16.8. The molecule has 0 unspecified atom stereocenters. The summed E-state index contributed by atoms with van der Waals surface area (Å²) in [6.07, 6.45) is -0.848. The maximum absolute atomic E-state index is 6.36. The Morgan fingerprint density at radius 3 is 2.09 bits per heavy atom. The summed E-state index contributed by atoms with van der Waals surface area (Å²) in [6.45, 7) is 10.8. The molecular formula is C16H23Cl3O2Si. The first kappa shape index (κ1) is 18.6. The molecule has 1 aliphatic heterocycles. The first-order valence-electron chi connectivity index (χ1n) is 7.38. The first-order valence-corrected chi connectivity index (χ1v) is 11.4. The highest BCUT2D eigenvalue weighted by Gasteiger charge is 2.56. The molecule has 0 amide bonds. The third kappa shape index (κ3) is 4.19. The van der Waals surface area contributed by atoms with Crippen molar-refractivity contribution >= 4 is 43.1 Å². The number of rotatable bonds is 4. The average Bonchev–Trinajstić information content (AvgIpc) is 3.14. The molecule has 2 rings (SSSR count). The number of epoxide rings is 1. The van der Waals surface area contributed by atoms with E-state index in [0.29, 0.717) is 0 Å². The summed E-state index contributed by atoms with van der Waals surface area (Å²) in [6, 6.07) is 9.97. The van der Waals surface area contributed by atoms with Gasteiger partial charge in [-0.05, 0) is 23.7 Å². The summed E-state index contributed by atoms with van der Waals surface area (Å²) in [5, 5.41) is 0.0400. The van der Waals surface area contributed by atoms with Crippen molar-refractivity contribution in [3.8, 4) is 0 Å². The van der Waals surface area contributed by atoms with Crippen LogP contribution in [0.5, 0.6) is 0 Å². The Morgan fingerprint density at radius 1 is 1.09 bits per heavy atom. The Labute approximate surface area is 149 Å². The Hall–Kier alpha value is 0.227. The fourth-order valence-electron chi connectivity index (χ4n) is 2.08. The maximum atomic E-state index is 6.36. The second-order valence-electron chi connectivity index (χ2n) is 7.27. The minimum Gasteiger partial charge on any atom is -0.407 e. The Kier molecular flexibility index (Phi) is 5.29. The Morgan fingerprint density at radius 2 is 1.64 bits per heavy atom. The topological polar surface area (TPSA) is 21.8 Å². The SMILES string of the molecule is CC(C)(C)[Si](C)(C)O[C@H]([C@H]1O[C@H]1c1ccccc1)C(Cl)(Cl)Cl. The highest BCUT2D eigenvalue weighted by molar-refractivity contribution is 6.74. The summed E-state index contributed by atoms with van der Waals surface area (Å²) in [5.41, 5.74) is 1.09. The molecule has 0 saturated carbocycles. The smallest absolute Gasteiger partial charge is 0.217 e. The van der Waals surface area contributed by atoms with Gasteiger partial charge in [0.05, 0.1) is 0 Å². The third-order valence-electron chi connectivity index (χ3n) is 4.50. The fraction of sp³-hybridized carbons (Fsp3) is 0.625. The van der Waals surface area contributed by atoms with E-state index in [1.165, 1.54) is 0 Å². The second-order valence-corrected chi connectivity index (χ2v) is 14.4. The molecule has 0 bridgehead atoms. The van der Waals surface area contributed by atoms with E-state index in [4.69, 9.17) is 44.0 Å². The van der Waals surface area contributed by atoms with E-state index in [-0.39, 0.29) is 17.2 Å². The van der Waals surface area contributed by atoms with Gasteiger partial charge < -0.3 is 9.16 Å². The molecule has 2 nitrogen and oxygen atoms in total. The molecule has 0 radical (unpaired) electrons. The number of halogens is 3. The fourth-order valence-corrected chi connectivity index (χ4v) is 4.11. The molecule has 0 N–H and O–H groups in total. The van der Waals surface area contributed by atoms with Crippen LogP contribution in [0.15, 0.2) is 30.3 Å². The quantitative estimate of drug-likeness (QED) is 0.368. The van der Waals surface area contributed by atoms with Crippen molar-refractivity contribution in [1.82, 2.24) is 0 Å². The summed E-state index contributed by atoms with van der Waals surface area (Å²) < 4.78 is 10.6. The van der Waals surface area contributed by atoms with Crippen molar-refractivity contribution < 1.29 is 9.16 Å². The molecule has 124 valence electrons. The summed E-state index contributed by atoms with van der Waals surface area (Å²) in [5.74, 6) is 0. The van der Waals surface area contributed by atoms with Crippen molar-refractivity contribution in [2.24, 2.45) is 0 Å². The summed E-state index contributed by atoms with van der Waals surface area (Å²) in [4.78, 5) is 0. The van der Waals surface area contributed by atoms with Gasteiger partial charge >= 0.3 is 0 Å². The van der Waals surface area contributed by atoms with Gasteiger partial charge in [-0.25, -0.2) is 0 Å². The lowest BCUT2D eigenvalue weighted by Crippen LogP contribution is -2.49. The van der Waals surface area contributed by atoms with E-state index in [0.717, 1.165) is 5.56 Å². The lowest BCUT2D eigenvalue weighted by Gasteiger charge is -2.40. The zero-order valence-corrected chi connectivity index (χ0v) is 16.8. The molecule has 0 aliphatic carbocycles. The van der Waals surface area contributed by atoms with Crippen molar-refractivity contribution in [2.75, 3.05) is 0 Å². The monoisotopic (exact) mass is 380 g/mol. The molecule has 1 saturated heterocycles.